The summed E-state index contributed by atoms with van der Waals surface area (Å²) in [6.07, 6.45) is 0. The van der Waals surface area contributed by atoms with Crippen LogP contribution in [0.25, 0.3) is 11.3 Å². The highest BCUT2D eigenvalue weighted by atomic mass is 19.1. The van der Waals surface area contributed by atoms with Crippen molar-refractivity contribution in [3.63, 3.8) is 0 Å². The molecule has 1 unspecified atom stereocenters. The van der Waals surface area contributed by atoms with Gasteiger partial charge < -0.3 is 9.47 Å². The van der Waals surface area contributed by atoms with Crippen LogP contribution in [0.1, 0.15) is 30.4 Å². The van der Waals surface area contributed by atoms with E-state index in [0.29, 0.717) is 11.3 Å². The highest BCUT2D eigenvalue weighted by Gasteiger charge is 2.24. The van der Waals surface area contributed by atoms with Gasteiger partial charge in [-0.15, -0.1) is 0 Å². The predicted octanol–water partition coefficient (Wildman–Crippen LogP) is 2.60. The monoisotopic (exact) mass is 320 g/mol. The summed E-state index contributed by atoms with van der Waals surface area (Å²) in [5.41, 5.74) is 1.17. The average Bonchev–Trinajstić information content (AvgIpc) is 2.99. The zero-order valence-corrected chi connectivity index (χ0v) is 13.1. The molecule has 0 spiro atoms. The molecule has 0 fully saturated rings. The maximum absolute atomic E-state index is 13.1. The van der Waals surface area contributed by atoms with Crippen molar-refractivity contribution in [2.75, 3.05) is 13.7 Å². The second kappa shape index (κ2) is 7.04. The lowest BCUT2D eigenvalue weighted by atomic mass is 10.1. The summed E-state index contributed by atoms with van der Waals surface area (Å²) in [5.74, 6) is -1.48. The lowest BCUT2D eigenvalue weighted by Crippen LogP contribution is -2.21. The van der Waals surface area contributed by atoms with E-state index < -0.39 is 18.0 Å². The Balaban J connectivity index is 2.50. The molecule has 1 aromatic heterocycles. The highest BCUT2D eigenvalue weighted by Crippen LogP contribution is 2.25. The maximum atomic E-state index is 13.1. The van der Waals surface area contributed by atoms with Crippen molar-refractivity contribution >= 4 is 11.9 Å². The van der Waals surface area contributed by atoms with Crippen LogP contribution in [0.4, 0.5) is 4.39 Å². The Morgan fingerprint density at radius 2 is 1.96 bits per heavy atom. The highest BCUT2D eigenvalue weighted by molar-refractivity contribution is 5.89. The molecule has 0 radical (unpaired) electrons. The lowest BCUT2D eigenvalue weighted by Gasteiger charge is -2.14. The van der Waals surface area contributed by atoms with Gasteiger partial charge in [-0.25, -0.2) is 18.7 Å². The van der Waals surface area contributed by atoms with Gasteiger partial charge in [-0.2, -0.15) is 5.10 Å². The third-order valence-corrected chi connectivity index (χ3v) is 3.26. The van der Waals surface area contributed by atoms with Gasteiger partial charge in [0.15, 0.2) is 5.69 Å². The van der Waals surface area contributed by atoms with Gasteiger partial charge in [0.2, 0.25) is 0 Å². The molecular formula is C16H17FN2O4. The first-order chi connectivity index (χ1) is 11.0. The number of carbonyl (C=O) groups excluding carboxylic acids is 2. The molecule has 7 heteroatoms. The zero-order chi connectivity index (χ0) is 17.0. The van der Waals surface area contributed by atoms with Crippen LogP contribution in [-0.2, 0) is 14.3 Å². The fourth-order valence-electron chi connectivity index (χ4n) is 2.09. The number of nitrogens with zero attached hydrogens (tertiary/aromatic N) is 2. The topological polar surface area (TPSA) is 70.4 Å². The number of benzene rings is 1. The van der Waals surface area contributed by atoms with Crippen molar-refractivity contribution in [2.45, 2.75) is 19.9 Å². The van der Waals surface area contributed by atoms with Gasteiger partial charge in [0.1, 0.15) is 11.9 Å². The molecule has 122 valence electrons. The SMILES string of the molecule is CCOC(=O)C(C)n1nc(C(=O)OC)cc1-c1ccc(F)cc1. The van der Waals surface area contributed by atoms with E-state index in [1.165, 1.54) is 30.0 Å². The van der Waals surface area contributed by atoms with Crippen LogP contribution in [0.3, 0.4) is 0 Å². The molecule has 1 aromatic carbocycles. The quantitative estimate of drug-likeness (QED) is 0.792. The minimum absolute atomic E-state index is 0.0583. The maximum Gasteiger partial charge on any atom is 0.358 e. The molecule has 0 saturated carbocycles. The predicted molar refractivity (Wildman–Crippen MR) is 80.3 cm³/mol. The minimum Gasteiger partial charge on any atom is -0.464 e. The number of rotatable bonds is 5. The second-order valence-electron chi connectivity index (χ2n) is 4.79. The van der Waals surface area contributed by atoms with E-state index in [1.54, 1.807) is 26.0 Å². The average molecular weight is 320 g/mol. The Morgan fingerprint density at radius 3 is 2.52 bits per heavy atom. The third kappa shape index (κ3) is 3.56. The van der Waals surface area contributed by atoms with E-state index in [4.69, 9.17) is 4.74 Å². The molecule has 0 aliphatic heterocycles. The van der Waals surface area contributed by atoms with Crippen LogP contribution < -0.4 is 0 Å². The standard InChI is InChI=1S/C16H17FN2O4/c1-4-23-15(20)10(2)19-14(9-13(18-19)16(21)22-3)11-5-7-12(17)8-6-11/h5-10H,4H2,1-3H3. The first-order valence-electron chi connectivity index (χ1n) is 7.08. The molecular weight excluding hydrogens is 303 g/mol. The fraction of sp³-hybridized carbons (Fsp3) is 0.312. The Hall–Kier alpha value is -2.70. The summed E-state index contributed by atoms with van der Waals surface area (Å²) >= 11 is 0. The van der Waals surface area contributed by atoms with Crippen molar-refractivity contribution in [3.05, 3.63) is 41.8 Å². The smallest absolute Gasteiger partial charge is 0.358 e. The Kier molecular flexibility index (Phi) is 5.10. The van der Waals surface area contributed by atoms with Crippen LogP contribution in [0, 0.1) is 5.82 Å². The van der Waals surface area contributed by atoms with E-state index in [0.717, 1.165) is 0 Å². The van der Waals surface area contributed by atoms with Gasteiger partial charge >= 0.3 is 11.9 Å². The van der Waals surface area contributed by atoms with Gasteiger partial charge in [-0.05, 0) is 44.2 Å². The molecule has 0 N–H and O–H groups in total. The molecule has 1 atom stereocenters. The summed E-state index contributed by atoms with van der Waals surface area (Å²) in [6, 6.07) is 6.42. The van der Waals surface area contributed by atoms with Gasteiger partial charge in [-0.3, -0.25) is 0 Å². The summed E-state index contributed by atoms with van der Waals surface area (Å²) in [6.45, 7) is 3.55. The first kappa shape index (κ1) is 16.7. The van der Waals surface area contributed by atoms with Gasteiger partial charge in [-0.1, -0.05) is 0 Å². The number of aromatic nitrogens is 2. The first-order valence-corrected chi connectivity index (χ1v) is 7.08. The molecule has 23 heavy (non-hydrogen) atoms. The summed E-state index contributed by atoms with van der Waals surface area (Å²) in [5, 5.41) is 4.13. The van der Waals surface area contributed by atoms with Crippen LogP contribution in [-0.4, -0.2) is 35.4 Å². The van der Waals surface area contributed by atoms with Crippen LogP contribution in [0.15, 0.2) is 30.3 Å². The molecule has 0 saturated heterocycles. The van der Waals surface area contributed by atoms with Crippen molar-refractivity contribution in [1.82, 2.24) is 9.78 Å². The lowest BCUT2D eigenvalue weighted by molar-refractivity contribution is -0.146. The molecule has 0 aliphatic rings. The molecule has 2 rings (SSSR count). The van der Waals surface area contributed by atoms with Gasteiger partial charge in [0, 0.05) is 5.56 Å². The number of methoxy groups -OCH3 is 1. The number of hydrogen-bond donors (Lipinski definition) is 0. The largest absolute Gasteiger partial charge is 0.464 e. The minimum atomic E-state index is -0.742. The van der Waals surface area contributed by atoms with Crippen molar-refractivity contribution in [2.24, 2.45) is 0 Å². The van der Waals surface area contributed by atoms with Crippen molar-refractivity contribution < 1.29 is 23.5 Å². The molecule has 1 heterocycles. The summed E-state index contributed by atoms with van der Waals surface area (Å²) in [4.78, 5) is 23.7. The summed E-state index contributed by atoms with van der Waals surface area (Å²) < 4.78 is 24.1. The number of halogens is 1. The summed E-state index contributed by atoms with van der Waals surface area (Å²) in [7, 11) is 1.24. The van der Waals surface area contributed by atoms with Gasteiger partial charge in [0.25, 0.3) is 0 Å². The Bertz CT molecular complexity index is 709. The van der Waals surface area contributed by atoms with E-state index in [9.17, 15) is 14.0 Å². The molecule has 0 bridgehead atoms. The number of esters is 2. The normalized spacial score (nSPS) is 11.8. The second-order valence-corrected chi connectivity index (χ2v) is 4.79. The van der Waals surface area contributed by atoms with Crippen molar-refractivity contribution in [3.8, 4) is 11.3 Å². The molecule has 0 aliphatic carbocycles. The zero-order valence-electron chi connectivity index (χ0n) is 13.1. The van der Waals surface area contributed by atoms with Gasteiger partial charge in [0.05, 0.1) is 19.4 Å². The van der Waals surface area contributed by atoms with Crippen molar-refractivity contribution in [1.29, 1.82) is 0 Å². The third-order valence-electron chi connectivity index (χ3n) is 3.26. The Morgan fingerprint density at radius 1 is 1.30 bits per heavy atom. The number of carbonyl (C=O) groups is 2. The molecule has 2 aromatic rings. The van der Waals surface area contributed by atoms with E-state index >= 15 is 0 Å². The molecule has 6 nitrogen and oxygen atoms in total. The molecule has 0 amide bonds. The van der Waals surface area contributed by atoms with Crippen LogP contribution >= 0.6 is 0 Å². The van der Waals surface area contributed by atoms with Crippen LogP contribution in [0.5, 0.6) is 0 Å². The number of hydrogen-bond acceptors (Lipinski definition) is 5. The van der Waals surface area contributed by atoms with E-state index in [1.807, 2.05) is 0 Å². The van der Waals surface area contributed by atoms with E-state index in [-0.39, 0.29) is 18.1 Å². The van der Waals surface area contributed by atoms with Crippen LogP contribution in [0.2, 0.25) is 0 Å². The Labute approximate surface area is 132 Å². The number of ether oxygens (including phenoxy) is 2. The fourth-order valence-corrected chi connectivity index (χ4v) is 2.09. The van der Waals surface area contributed by atoms with E-state index in [2.05, 4.69) is 9.84 Å².